The first-order valence-corrected chi connectivity index (χ1v) is 4.56. The number of rotatable bonds is 4. The second-order valence-corrected chi connectivity index (χ2v) is 3.23. The monoisotopic (exact) mass is 230 g/mol. The highest BCUT2D eigenvalue weighted by Gasteiger charge is 2.43. The Balaban J connectivity index is 3.01. The molecule has 2 nitrogen and oxygen atoms in total. The second kappa shape index (κ2) is 4.92. The van der Waals surface area contributed by atoms with E-state index in [4.69, 9.17) is 0 Å². The van der Waals surface area contributed by atoms with Crippen molar-refractivity contribution in [2.75, 3.05) is 0 Å². The van der Waals surface area contributed by atoms with Crippen molar-refractivity contribution < 1.29 is 22.8 Å². The molecule has 0 amide bonds. The summed E-state index contributed by atoms with van der Waals surface area (Å²) in [6.07, 6.45) is -5.05. The van der Waals surface area contributed by atoms with Crippen molar-refractivity contribution in [2.45, 2.75) is 18.5 Å². The Morgan fingerprint density at radius 2 is 1.81 bits per heavy atom. The summed E-state index contributed by atoms with van der Waals surface area (Å²) in [5, 5.41) is 0. The minimum Gasteiger partial charge on any atom is -0.303 e. The first kappa shape index (κ1) is 12.4. The van der Waals surface area contributed by atoms with Crippen LogP contribution < -0.4 is 0 Å². The summed E-state index contributed by atoms with van der Waals surface area (Å²) in [5.41, 5.74) is 0.205. The van der Waals surface area contributed by atoms with Crippen LogP contribution in [-0.4, -0.2) is 18.2 Å². The van der Waals surface area contributed by atoms with Crippen LogP contribution in [0.1, 0.15) is 17.9 Å². The molecule has 86 valence electrons. The summed E-state index contributed by atoms with van der Waals surface area (Å²) in [7, 11) is 0. The smallest absolute Gasteiger partial charge is 0.303 e. The number of hydrogen-bond acceptors (Lipinski definition) is 2. The second-order valence-electron chi connectivity index (χ2n) is 3.23. The summed E-state index contributed by atoms with van der Waals surface area (Å²) in [5.74, 6) is -3.32. The lowest BCUT2D eigenvalue weighted by atomic mass is 9.92. The molecule has 0 heterocycles. The Kier molecular flexibility index (Phi) is 3.82. The average molecular weight is 230 g/mol. The van der Waals surface area contributed by atoms with E-state index in [-0.39, 0.29) is 5.56 Å². The molecule has 0 N–H and O–H groups in total. The van der Waals surface area contributed by atoms with Crippen LogP contribution >= 0.6 is 0 Å². The fourth-order valence-corrected chi connectivity index (χ4v) is 1.37. The normalized spacial score (nSPS) is 13.2. The third-order valence-corrected chi connectivity index (χ3v) is 2.13. The molecule has 1 aromatic carbocycles. The third-order valence-electron chi connectivity index (χ3n) is 2.13. The first-order chi connectivity index (χ1) is 7.46. The van der Waals surface area contributed by atoms with Gasteiger partial charge < -0.3 is 4.79 Å². The van der Waals surface area contributed by atoms with Crippen LogP contribution in [0.5, 0.6) is 0 Å². The maximum atomic E-state index is 12.2. The molecule has 0 bridgehead atoms. The molecule has 0 aliphatic carbocycles. The molecule has 0 saturated carbocycles. The lowest BCUT2D eigenvalue weighted by Gasteiger charge is -2.15. The molecule has 0 saturated heterocycles. The Bertz CT molecular complexity index is 371. The molecule has 0 spiro atoms. The molecule has 0 aromatic heterocycles. The van der Waals surface area contributed by atoms with Crippen LogP contribution in [-0.2, 0) is 9.59 Å². The zero-order chi connectivity index (χ0) is 12.2. The van der Waals surface area contributed by atoms with E-state index in [1.165, 1.54) is 24.3 Å². The highest BCUT2D eigenvalue weighted by atomic mass is 19.4. The number of alkyl halides is 3. The first-order valence-electron chi connectivity index (χ1n) is 4.56. The lowest BCUT2D eigenvalue weighted by Crippen LogP contribution is -2.29. The van der Waals surface area contributed by atoms with Crippen molar-refractivity contribution in [3.05, 3.63) is 35.9 Å². The zero-order valence-electron chi connectivity index (χ0n) is 8.20. The van der Waals surface area contributed by atoms with Crippen LogP contribution in [0.2, 0.25) is 0 Å². The SMILES string of the molecule is O=CCC(C(=O)C(F)(F)F)c1ccccc1. The van der Waals surface area contributed by atoms with Gasteiger partial charge in [-0.2, -0.15) is 13.2 Å². The van der Waals surface area contributed by atoms with Gasteiger partial charge in [0.1, 0.15) is 6.29 Å². The van der Waals surface area contributed by atoms with Crippen molar-refractivity contribution in [1.29, 1.82) is 0 Å². The number of aldehydes is 1. The van der Waals surface area contributed by atoms with Gasteiger partial charge in [0.2, 0.25) is 5.78 Å². The Hall–Kier alpha value is -1.65. The van der Waals surface area contributed by atoms with Crippen molar-refractivity contribution in [1.82, 2.24) is 0 Å². The lowest BCUT2D eigenvalue weighted by molar-refractivity contribution is -0.173. The molecule has 0 radical (unpaired) electrons. The van der Waals surface area contributed by atoms with Gasteiger partial charge in [0.15, 0.2) is 0 Å². The Morgan fingerprint density at radius 3 is 2.25 bits per heavy atom. The number of halogens is 3. The topological polar surface area (TPSA) is 34.1 Å². The van der Waals surface area contributed by atoms with Gasteiger partial charge in [-0.25, -0.2) is 0 Å². The third kappa shape index (κ3) is 2.92. The van der Waals surface area contributed by atoms with Crippen LogP contribution in [0, 0.1) is 0 Å². The van der Waals surface area contributed by atoms with E-state index in [0.717, 1.165) is 0 Å². The number of hydrogen-bond donors (Lipinski definition) is 0. The summed E-state index contributed by atoms with van der Waals surface area (Å²) in [6, 6.07) is 7.47. The Morgan fingerprint density at radius 1 is 1.25 bits per heavy atom. The molecule has 16 heavy (non-hydrogen) atoms. The van der Waals surface area contributed by atoms with E-state index in [9.17, 15) is 22.8 Å². The molecule has 0 aliphatic heterocycles. The molecule has 0 fully saturated rings. The predicted octanol–water partition coefficient (Wildman–Crippen LogP) is 2.49. The number of carbonyl (C=O) groups excluding carboxylic acids is 2. The summed E-state index contributed by atoms with van der Waals surface area (Å²) in [4.78, 5) is 21.4. The van der Waals surface area contributed by atoms with Gasteiger partial charge in [-0.05, 0) is 5.56 Å². The van der Waals surface area contributed by atoms with E-state index in [2.05, 4.69) is 0 Å². The van der Waals surface area contributed by atoms with E-state index in [0.29, 0.717) is 6.29 Å². The highest BCUT2D eigenvalue weighted by molar-refractivity contribution is 5.92. The minimum absolute atomic E-state index is 0.205. The predicted molar refractivity (Wildman–Crippen MR) is 50.9 cm³/mol. The molecule has 1 atom stereocenters. The maximum absolute atomic E-state index is 12.2. The number of Topliss-reactive ketones (excluding diaryl/α,β-unsaturated/α-hetero) is 1. The maximum Gasteiger partial charge on any atom is 0.450 e. The Labute approximate surface area is 90.1 Å². The van der Waals surface area contributed by atoms with Crippen molar-refractivity contribution in [3.8, 4) is 0 Å². The van der Waals surface area contributed by atoms with Gasteiger partial charge in [0.05, 0.1) is 5.92 Å². The van der Waals surface area contributed by atoms with E-state index >= 15 is 0 Å². The average Bonchev–Trinajstić information content (AvgIpc) is 2.25. The van der Waals surface area contributed by atoms with E-state index < -0.39 is 24.3 Å². The van der Waals surface area contributed by atoms with Gasteiger partial charge in [0.25, 0.3) is 0 Å². The highest BCUT2D eigenvalue weighted by Crippen LogP contribution is 2.29. The molecular weight excluding hydrogens is 221 g/mol. The molecule has 0 aliphatic rings. The van der Waals surface area contributed by atoms with Gasteiger partial charge in [0, 0.05) is 6.42 Å². The number of carbonyl (C=O) groups is 2. The van der Waals surface area contributed by atoms with Crippen molar-refractivity contribution in [3.63, 3.8) is 0 Å². The van der Waals surface area contributed by atoms with Crippen LogP contribution in [0.25, 0.3) is 0 Å². The summed E-state index contributed by atoms with van der Waals surface area (Å²) >= 11 is 0. The van der Waals surface area contributed by atoms with E-state index in [1.54, 1.807) is 6.07 Å². The van der Waals surface area contributed by atoms with Gasteiger partial charge in [-0.3, -0.25) is 4.79 Å². The van der Waals surface area contributed by atoms with Crippen molar-refractivity contribution in [2.24, 2.45) is 0 Å². The molecule has 1 rings (SSSR count). The number of ketones is 1. The van der Waals surface area contributed by atoms with Crippen LogP contribution in [0.3, 0.4) is 0 Å². The quantitative estimate of drug-likeness (QED) is 0.744. The fraction of sp³-hybridized carbons (Fsp3) is 0.273. The standard InChI is InChI=1S/C11H9F3O2/c12-11(13,14)10(16)9(6-7-15)8-4-2-1-3-5-8/h1-5,7,9H,6H2. The van der Waals surface area contributed by atoms with Gasteiger partial charge >= 0.3 is 6.18 Å². The molecule has 1 unspecified atom stereocenters. The largest absolute Gasteiger partial charge is 0.450 e. The van der Waals surface area contributed by atoms with Crippen LogP contribution in [0.15, 0.2) is 30.3 Å². The van der Waals surface area contributed by atoms with Gasteiger partial charge in [-0.1, -0.05) is 30.3 Å². The van der Waals surface area contributed by atoms with E-state index in [1.807, 2.05) is 0 Å². The minimum atomic E-state index is -4.91. The van der Waals surface area contributed by atoms with Crippen molar-refractivity contribution >= 4 is 12.1 Å². The van der Waals surface area contributed by atoms with Crippen LogP contribution in [0.4, 0.5) is 13.2 Å². The summed E-state index contributed by atoms with van der Waals surface area (Å²) in [6.45, 7) is 0. The molecule has 5 heteroatoms. The molecular formula is C11H9F3O2. The van der Waals surface area contributed by atoms with Gasteiger partial charge in [-0.15, -0.1) is 0 Å². The molecule has 1 aromatic rings. The summed E-state index contributed by atoms with van der Waals surface area (Å²) < 4.78 is 36.7. The zero-order valence-corrected chi connectivity index (χ0v) is 8.20. The fourth-order valence-electron chi connectivity index (χ4n) is 1.37. The number of benzene rings is 1.